The molecule has 1 atom stereocenters. The summed E-state index contributed by atoms with van der Waals surface area (Å²) in [6.07, 6.45) is 9.27. The third-order valence-electron chi connectivity index (χ3n) is 5.11. The summed E-state index contributed by atoms with van der Waals surface area (Å²) in [5, 5.41) is 21.2. The lowest BCUT2D eigenvalue weighted by Crippen LogP contribution is -2.35. The molecule has 1 N–H and O–H groups in total. The van der Waals surface area contributed by atoms with E-state index in [2.05, 4.69) is 15.1 Å². The van der Waals surface area contributed by atoms with E-state index in [4.69, 9.17) is 0 Å². The van der Waals surface area contributed by atoms with Crippen LogP contribution in [0.25, 0.3) is 9.88 Å². The van der Waals surface area contributed by atoms with E-state index < -0.39 is 0 Å². The van der Waals surface area contributed by atoms with E-state index in [1.165, 1.54) is 16.3 Å². The van der Waals surface area contributed by atoms with E-state index in [-0.39, 0.29) is 11.9 Å². The Bertz CT molecular complexity index is 1160. The number of carbonyl (C=O) groups is 1. The number of aliphatic hydroxyl groups is 1. The fraction of sp³-hybridized carbons (Fsp3) is 0.182. The van der Waals surface area contributed by atoms with Crippen molar-refractivity contribution < 1.29 is 9.90 Å². The van der Waals surface area contributed by atoms with Gasteiger partial charge in [0.2, 0.25) is 0 Å². The Morgan fingerprint density at radius 3 is 2.93 bits per heavy atom. The van der Waals surface area contributed by atoms with Gasteiger partial charge in [0, 0.05) is 41.8 Å². The Morgan fingerprint density at radius 2 is 2.17 bits per heavy atom. The number of aliphatic hydroxyl groups excluding tert-OH is 1. The molecule has 150 valence electrons. The molecule has 1 amide bonds. The molecule has 5 rings (SSSR count). The van der Waals surface area contributed by atoms with Crippen molar-refractivity contribution >= 4 is 34.3 Å². The summed E-state index contributed by atoms with van der Waals surface area (Å²) in [4.78, 5) is 23.1. The second-order valence-corrected chi connectivity index (χ2v) is 8.82. The van der Waals surface area contributed by atoms with E-state index in [1.54, 1.807) is 29.1 Å². The monoisotopic (exact) mass is 434 g/mol. The minimum atomic E-state index is -0.365. The molecule has 0 fully saturated rings. The second-order valence-electron chi connectivity index (χ2n) is 7.02. The van der Waals surface area contributed by atoms with Crippen LogP contribution >= 0.6 is 22.7 Å². The standard InChI is InChI=1S/C22H18N4O2S2/c27-19-7-2-1-6-15(19)18-11-16(14-5-3-9-23-12-14)25-26(18)22(28)17-13-30-21(24-17)20-8-4-10-29-20/h1,3-6,8-10,12-13,18,27H,2,7,11H2. The summed E-state index contributed by atoms with van der Waals surface area (Å²) in [5.41, 5.74) is 2.75. The Balaban J connectivity index is 1.51. The minimum Gasteiger partial charge on any atom is -0.512 e. The Labute approximate surface area is 181 Å². The Kier molecular flexibility index (Phi) is 5.02. The van der Waals surface area contributed by atoms with Crippen LogP contribution in [0.3, 0.4) is 0 Å². The summed E-state index contributed by atoms with van der Waals surface area (Å²) in [7, 11) is 0. The molecule has 2 aliphatic rings. The molecule has 1 aliphatic carbocycles. The van der Waals surface area contributed by atoms with Gasteiger partial charge in [0.15, 0.2) is 0 Å². The van der Waals surface area contributed by atoms with Crippen LogP contribution in [0.4, 0.5) is 0 Å². The number of hydrazone groups is 1. The molecule has 0 saturated heterocycles. The Morgan fingerprint density at radius 1 is 1.23 bits per heavy atom. The van der Waals surface area contributed by atoms with Crippen LogP contribution in [0.5, 0.6) is 0 Å². The first-order chi connectivity index (χ1) is 14.7. The molecule has 0 saturated carbocycles. The number of thiazole rings is 1. The minimum absolute atomic E-state index is 0.266. The SMILES string of the molecule is O=C(c1csc(-c2cccs2)n1)N1N=C(c2cccnc2)CC1C1=C(O)CCC=C1. The summed E-state index contributed by atoms with van der Waals surface area (Å²) >= 11 is 3.04. The number of carbonyl (C=O) groups excluding carboxylic acids is 1. The van der Waals surface area contributed by atoms with E-state index in [0.29, 0.717) is 24.3 Å². The molecular formula is C22H18N4O2S2. The van der Waals surface area contributed by atoms with Crippen LogP contribution in [0, 0.1) is 0 Å². The largest absolute Gasteiger partial charge is 0.512 e. The molecule has 4 heterocycles. The first kappa shape index (κ1) is 18.9. The number of amides is 1. The van der Waals surface area contributed by atoms with Gasteiger partial charge in [-0.15, -0.1) is 22.7 Å². The van der Waals surface area contributed by atoms with Gasteiger partial charge in [0.1, 0.15) is 10.7 Å². The maximum atomic E-state index is 13.4. The van der Waals surface area contributed by atoms with Gasteiger partial charge in [-0.05, 0) is 23.9 Å². The summed E-state index contributed by atoms with van der Waals surface area (Å²) < 4.78 is 0. The zero-order chi connectivity index (χ0) is 20.5. The molecule has 6 nitrogen and oxygen atoms in total. The highest BCUT2D eigenvalue weighted by atomic mass is 32.1. The van der Waals surface area contributed by atoms with Crippen LogP contribution in [0.2, 0.25) is 0 Å². The zero-order valence-corrected chi connectivity index (χ0v) is 17.6. The fourth-order valence-corrected chi connectivity index (χ4v) is 5.23. The fourth-order valence-electron chi connectivity index (χ4n) is 3.62. The lowest BCUT2D eigenvalue weighted by atomic mass is 9.93. The van der Waals surface area contributed by atoms with Gasteiger partial charge in [0.25, 0.3) is 5.91 Å². The number of hydrogen-bond donors (Lipinski definition) is 1. The highest BCUT2D eigenvalue weighted by Gasteiger charge is 2.37. The average molecular weight is 435 g/mol. The third-order valence-corrected chi connectivity index (χ3v) is 6.99. The van der Waals surface area contributed by atoms with E-state index >= 15 is 0 Å². The van der Waals surface area contributed by atoms with Crippen molar-refractivity contribution in [3.63, 3.8) is 0 Å². The molecule has 8 heteroatoms. The van der Waals surface area contributed by atoms with Gasteiger partial charge >= 0.3 is 0 Å². The molecule has 30 heavy (non-hydrogen) atoms. The second kappa shape index (κ2) is 7.97. The number of nitrogens with zero attached hydrogens (tertiary/aromatic N) is 4. The Hall–Kier alpha value is -3.10. The number of thiophene rings is 1. The maximum absolute atomic E-state index is 13.4. The van der Waals surface area contributed by atoms with Crippen LogP contribution < -0.4 is 0 Å². The first-order valence-corrected chi connectivity index (χ1v) is 11.4. The van der Waals surface area contributed by atoms with Crippen molar-refractivity contribution in [1.29, 1.82) is 0 Å². The molecule has 1 aliphatic heterocycles. The number of hydrogen-bond acceptors (Lipinski definition) is 7. The number of aromatic nitrogens is 2. The molecule has 0 aromatic carbocycles. The lowest BCUT2D eigenvalue weighted by Gasteiger charge is -2.24. The van der Waals surface area contributed by atoms with Crippen LogP contribution in [-0.4, -0.2) is 37.7 Å². The quantitative estimate of drug-likeness (QED) is 0.623. The average Bonchev–Trinajstić information content (AvgIpc) is 3.54. The van der Waals surface area contributed by atoms with Crippen LogP contribution in [0.15, 0.2) is 76.0 Å². The molecule has 1 unspecified atom stereocenters. The van der Waals surface area contributed by atoms with Crippen molar-refractivity contribution in [1.82, 2.24) is 15.0 Å². The molecule has 3 aromatic heterocycles. The topological polar surface area (TPSA) is 78.7 Å². The number of allylic oxidation sites excluding steroid dienone is 2. The van der Waals surface area contributed by atoms with Gasteiger partial charge < -0.3 is 5.11 Å². The molecule has 0 spiro atoms. The van der Waals surface area contributed by atoms with Crippen LogP contribution in [0.1, 0.15) is 35.3 Å². The summed E-state index contributed by atoms with van der Waals surface area (Å²) in [6.45, 7) is 0. The van der Waals surface area contributed by atoms with Crippen LogP contribution in [-0.2, 0) is 0 Å². The van der Waals surface area contributed by atoms with E-state index in [1.807, 2.05) is 41.8 Å². The van der Waals surface area contributed by atoms with Crippen molar-refractivity contribution in [2.45, 2.75) is 25.3 Å². The molecule has 3 aromatic rings. The van der Waals surface area contributed by atoms with Gasteiger partial charge in [-0.25, -0.2) is 9.99 Å². The van der Waals surface area contributed by atoms with Gasteiger partial charge in [-0.2, -0.15) is 5.10 Å². The predicted molar refractivity (Wildman–Crippen MR) is 119 cm³/mol. The van der Waals surface area contributed by atoms with Crippen molar-refractivity contribution in [3.05, 3.63) is 82.2 Å². The van der Waals surface area contributed by atoms with Crippen molar-refractivity contribution in [3.8, 4) is 9.88 Å². The first-order valence-electron chi connectivity index (χ1n) is 9.60. The third kappa shape index (κ3) is 3.48. The lowest BCUT2D eigenvalue weighted by molar-refractivity contribution is 0.0729. The highest BCUT2D eigenvalue weighted by molar-refractivity contribution is 7.20. The summed E-state index contributed by atoms with van der Waals surface area (Å²) in [6, 6.07) is 7.37. The smallest absolute Gasteiger partial charge is 0.294 e. The molecule has 0 radical (unpaired) electrons. The van der Waals surface area contributed by atoms with Gasteiger partial charge in [0.05, 0.1) is 22.4 Å². The van der Waals surface area contributed by atoms with E-state index in [0.717, 1.165) is 33.2 Å². The van der Waals surface area contributed by atoms with Gasteiger partial charge in [-0.3, -0.25) is 9.78 Å². The number of rotatable bonds is 4. The molecule has 0 bridgehead atoms. The van der Waals surface area contributed by atoms with Gasteiger partial charge in [-0.1, -0.05) is 24.3 Å². The maximum Gasteiger partial charge on any atom is 0.294 e. The van der Waals surface area contributed by atoms with E-state index in [9.17, 15) is 9.90 Å². The normalized spacial score (nSPS) is 18.7. The summed E-state index contributed by atoms with van der Waals surface area (Å²) in [5.74, 6) is 0.0534. The zero-order valence-electron chi connectivity index (χ0n) is 15.9. The van der Waals surface area contributed by atoms with Crippen molar-refractivity contribution in [2.24, 2.45) is 5.10 Å². The predicted octanol–water partition coefficient (Wildman–Crippen LogP) is 5.05. The van der Waals surface area contributed by atoms with Crippen molar-refractivity contribution in [2.75, 3.05) is 0 Å². The number of pyridine rings is 1. The highest BCUT2D eigenvalue weighted by Crippen LogP contribution is 2.33. The molecular weight excluding hydrogens is 416 g/mol.